The summed E-state index contributed by atoms with van der Waals surface area (Å²) in [6.45, 7) is 5.90. The Morgan fingerprint density at radius 3 is 2.50 bits per heavy atom. The maximum Gasteiger partial charge on any atom is 0.270 e. The molecule has 38 heavy (non-hydrogen) atoms. The van der Waals surface area contributed by atoms with Crippen molar-refractivity contribution < 1.29 is 9.57 Å². The molecular weight excluding hydrogens is 504 g/mol. The normalized spacial score (nSPS) is 18.2. The van der Waals surface area contributed by atoms with E-state index >= 15 is 0 Å². The Morgan fingerprint density at radius 2 is 1.92 bits per heavy atom. The van der Waals surface area contributed by atoms with Gasteiger partial charge in [0.2, 0.25) is 5.88 Å². The number of aryl methyl sites for hydroxylation is 1. The lowest BCUT2D eigenvalue weighted by Crippen LogP contribution is -2.39. The SMILES string of the molecule is COc1ccc(/C(=N\OC(C)(C)C)[C@H]2CC[C@@H](N(C)c3c(C#N)c(=O)n(C)c4ccc(Cl)nc34)CC2)cn1. The van der Waals surface area contributed by atoms with Gasteiger partial charge in [0.25, 0.3) is 5.56 Å². The van der Waals surface area contributed by atoms with E-state index in [0.29, 0.717) is 27.8 Å². The van der Waals surface area contributed by atoms with Crippen LogP contribution in [0.2, 0.25) is 5.15 Å². The molecule has 9 nitrogen and oxygen atoms in total. The molecule has 1 saturated carbocycles. The molecule has 1 aliphatic rings. The van der Waals surface area contributed by atoms with E-state index in [1.54, 1.807) is 32.5 Å². The molecule has 0 bridgehead atoms. The fraction of sp³-hybridized carbons (Fsp3) is 0.464. The second kappa shape index (κ2) is 11.0. The molecule has 0 unspecified atom stereocenters. The lowest BCUT2D eigenvalue weighted by Gasteiger charge is -2.37. The van der Waals surface area contributed by atoms with E-state index in [1.165, 1.54) is 4.57 Å². The number of rotatable bonds is 6. The van der Waals surface area contributed by atoms with E-state index in [2.05, 4.69) is 21.2 Å². The monoisotopic (exact) mass is 536 g/mol. The van der Waals surface area contributed by atoms with Crippen molar-refractivity contribution in [3.05, 3.63) is 57.1 Å². The van der Waals surface area contributed by atoms with Crippen LogP contribution in [-0.2, 0) is 11.9 Å². The third-order valence-corrected chi connectivity index (χ3v) is 7.15. The predicted octanol–water partition coefficient (Wildman–Crippen LogP) is 5.08. The van der Waals surface area contributed by atoms with Crippen molar-refractivity contribution in [1.29, 1.82) is 5.26 Å². The maximum absolute atomic E-state index is 13.0. The van der Waals surface area contributed by atoms with Gasteiger partial charge in [-0.1, -0.05) is 16.8 Å². The molecule has 3 aromatic heterocycles. The van der Waals surface area contributed by atoms with Crippen LogP contribution in [0.25, 0.3) is 11.0 Å². The Kier molecular flexibility index (Phi) is 7.93. The second-order valence-electron chi connectivity index (χ2n) is 10.6. The third-order valence-electron chi connectivity index (χ3n) is 6.94. The van der Waals surface area contributed by atoms with Crippen LogP contribution >= 0.6 is 11.6 Å². The lowest BCUT2D eigenvalue weighted by molar-refractivity contribution is -0.0000344. The summed E-state index contributed by atoms with van der Waals surface area (Å²) < 4.78 is 6.67. The summed E-state index contributed by atoms with van der Waals surface area (Å²) in [5.41, 5.74) is 2.77. The van der Waals surface area contributed by atoms with Crippen LogP contribution < -0.4 is 15.2 Å². The van der Waals surface area contributed by atoms with Crippen molar-refractivity contribution in [2.45, 2.75) is 58.1 Å². The number of hydrogen-bond donors (Lipinski definition) is 0. The van der Waals surface area contributed by atoms with Gasteiger partial charge in [-0.2, -0.15) is 5.26 Å². The number of fused-ring (bicyclic) bond motifs is 1. The van der Waals surface area contributed by atoms with Gasteiger partial charge in [-0.3, -0.25) is 4.79 Å². The summed E-state index contributed by atoms with van der Waals surface area (Å²) in [7, 11) is 5.16. The minimum atomic E-state index is -0.426. The largest absolute Gasteiger partial charge is 0.481 e. The minimum Gasteiger partial charge on any atom is -0.481 e. The molecule has 1 aliphatic carbocycles. The molecule has 3 aromatic rings. The first-order valence-corrected chi connectivity index (χ1v) is 13.0. The van der Waals surface area contributed by atoms with E-state index in [1.807, 2.05) is 44.9 Å². The van der Waals surface area contributed by atoms with Crippen molar-refractivity contribution >= 4 is 34.0 Å². The van der Waals surface area contributed by atoms with Crippen LogP contribution in [0.15, 0.2) is 40.4 Å². The number of anilines is 1. The van der Waals surface area contributed by atoms with Gasteiger partial charge in [0, 0.05) is 43.9 Å². The van der Waals surface area contributed by atoms with E-state index in [9.17, 15) is 10.1 Å². The van der Waals surface area contributed by atoms with Crippen LogP contribution in [0.5, 0.6) is 5.88 Å². The fourth-order valence-corrected chi connectivity index (χ4v) is 5.08. The highest BCUT2D eigenvalue weighted by atomic mass is 35.5. The van der Waals surface area contributed by atoms with Gasteiger partial charge >= 0.3 is 0 Å². The number of oxime groups is 1. The van der Waals surface area contributed by atoms with Crippen molar-refractivity contribution in [3.8, 4) is 11.9 Å². The molecule has 10 heteroatoms. The molecular formula is C28H33ClN6O3. The third kappa shape index (κ3) is 5.60. The number of methoxy groups -OCH3 is 1. The molecule has 4 rings (SSSR count). The molecule has 0 aliphatic heterocycles. The second-order valence-corrected chi connectivity index (χ2v) is 11.0. The molecule has 3 heterocycles. The summed E-state index contributed by atoms with van der Waals surface area (Å²) in [6, 6.07) is 9.41. The van der Waals surface area contributed by atoms with E-state index < -0.39 is 5.60 Å². The number of halogens is 1. The number of hydrogen-bond acceptors (Lipinski definition) is 8. The highest BCUT2D eigenvalue weighted by Gasteiger charge is 2.31. The van der Waals surface area contributed by atoms with Crippen LogP contribution in [0.1, 0.15) is 57.6 Å². The quantitative estimate of drug-likeness (QED) is 0.246. The standard InChI is InChI=1S/C28H33ClN6O3/c1-28(2,3)38-33-24(18-9-14-23(37-6)31-16-18)17-7-10-19(11-8-17)34(4)26-20(15-30)27(36)35(5)21-12-13-22(29)32-25(21)26/h9,12-14,16-17,19H,7-8,10-11H2,1-6H3/b33-24-/t17-,19+. The predicted molar refractivity (Wildman–Crippen MR) is 149 cm³/mol. The van der Waals surface area contributed by atoms with Crippen molar-refractivity contribution in [3.63, 3.8) is 0 Å². The van der Waals surface area contributed by atoms with Gasteiger partial charge in [0.15, 0.2) is 0 Å². The van der Waals surface area contributed by atoms with Gasteiger partial charge in [-0.05, 0) is 64.7 Å². The highest BCUT2D eigenvalue weighted by molar-refractivity contribution is 6.29. The zero-order chi connectivity index (χ0) is 27.6. The van der Waals surface area contributed by atoms with Crippen LogP contribution in [0, 0.1) is 17.2 Å². The van der Waals surface area contributed by atoms with E-state index in [4.69, 9.17) is 21.2 Å². The molecule has 0 saturated heterocycles. The van der Waals surface area contributed by atoms with Crippen LogP contribution in [0.3, 0.4) is 0 Å². The number of pyridine rings is 3. The summed E-state index contributed by atoms with van der Waals surface area (Å²) in [5.74, 6) is 0.707. The first-order valence-electron chi connectivity index (χ1n) is 12.6. The molecule has 0 atom stereocenters. The topological polar surface area (TPSA) is 106 Å². The first kappa shape index (κ1) is 27.4. The van der Waals surface area contributed by atoms with Crippen molar-refractivity contribution in [2.75, 3.05) is 19.1 Å². The smallest absolute Gasteiger partial charge is 0.270 e. The van der Waals surface area contributed by atoms with Gasteiger partial charge in [-0.25, -0.2) is 9.97 Å². The average molecular weight is 537 g/mol. The molecule has 1 fully saturated rings. The van der Waals surface area contributed by atoms with Gasteiger partial charge < -0.3 is 19.0 Å². The van der Waals surface area contributed by atoms with Crippen molar-refractivity contribution in [2.24, 2.45) is 18.1 Å². The number of nitriles is 1. The highest BCUT2D eigenvalue weighted by Crippen LogP contribution is 2.35. The zero-order valence-electron chi connectivity index (χ0n) is 22.7. The summed E-state index contributed by atoms with van der Waals surface area (Å²) in [4.78, 5) is 29.7. The lowest BCUT2D eigenvalue weighted by atomic mass is 9.80. The van der Waals surface area contributed by atoms with Gasteiger partial charge in [-0.15, -0.1) is 0 Å². The Bertz CT molecular complexity index is 1450. The Balaban J connectivity index is 1.63. The zero-order valence-corrected chi connectivity index (χ0v) is 23.4. The first-order chi connectivity index (χ1) is 18.0. The van der Waals surface area contributed by atoms with E-state index in [-0.39, 0.29) is 23.1 Å². The number of ether oxygens (including phenoxy) is 1. The number of aromatic nitrogens is 3. The summed E-state index contributed by atoms with van der Waals surface area (Å²) in [6.07, 6.45) is 5.14. The summed E-state index contributed by atoms with van der Waals surface area (Å²) >= 11 is 6.22. The molecule has 0 amide bonds. The Hall–Kier alpha value is -3.64. The number of nitrogens with zero attached hydrogens (tertiary/aromatic N) is 6. The average Bonchev–Trinajstić information content (AvgIpc) is 2.90. The molecule has 200 valence electrons. The van der Waals surface area contributed by atoms with Crippen LogP contribution in [0.4, 0.5) is 5.69 Å². The maximum atomic E-state index is 13.0. The minimum absolute atomic E-state index is 0.0736. The van der Waals surface area contributed by atoms with Gasteiger partial charge in [0.05, 0.1) is 24.0 Å². The Morgan fingerprint density at radius 1 is 1.21 bits per heavy atom. The van der Waals surface area contributed by atoms with Crippen LogP contribution in [-0.4, -0.2) is 46.0 Å². The fourth-order valence-electron chi connectivity index (χ4n) is 4.93. The Labute approximate surface area is 227 Å². The van der Waals surface area contributed by atoms with E-state index in [0.717, 1.165) is 37.0 Å². The van der Waals surface area contributed by atoms with Gasteiger partial charge in [0.1, 0.15) is 27.9 Å². The molecule has 0 N–H and O–H groups in total. The molecule has 0 aromatic carbocycles. The molecule has 0 spiro atoms. The molecule has 0 radical (unpaired) electrons. The summed E-state index contributed by atoms with van der Waals surface area (Å²) in [5, 5.41) is 14.8. The van der Waals surface area contributed by atoms with Crippen molar-refractivity contribution in [1.82, 2.24) is 14.5 Å².